The molecule has 0 fully saturated rings. The van der Waals surface area contributed by atoms with E-state index >= 15 is 0 Å². The van der Waals surface area contributed by atoms with Crippen LogP contribution in [0, 0.1) is 17.4 Å². The summed E-state index contributed by atoms with van der Waals surface area (Å²) in [5, 5.41) is 11.9. The van der Waals surface area contributed by atoms with Crippen molar-refractivity contribution in [2.24, 2.45) is 0 Å². The number of aliphatic hydroxyl groups is 1. The fourth-order valence-corrected chi connectivity index (χ4v) is 2.37. The molecule has 4 heteroatoms. The number of hydrogen-bond donors (Lipinski definition) is 2. The number of benzene rings is 1. The molecule has 3 nitrogen and oxygen atoms in total. The molecule has 17 heavy (non-hydrogen) atoms. The second-order valence-corrected chi connectivity index (χ2v) is 5.40. The highest BCUT2D eigenvalue weighted by molar-refractivity contribution is 14.1. The van der Waals surface area contributed by atoms with Gasteiger partial charge in [-0.05, 0) is 66.1 Å². The molecule has 0 bridgehead atoms. The quantitative estimate of drug-likeness (QED) is 0.822. The van der Waals surface area contributed by atoms with Crippen LogP contribution < -0.4 is 5.32 Å². The fraction of sp³-hybridized carbons (Fsp3) is 0.462. The maximum absolute atomic E-state index is 12.1. The van der Waals surface area contributed by atoms with Crippen molar-refractivity contribution in [3.8, 4) is 0 Å². The standard InChI is InChI=1S/C13H18INO2/c1-4-11(7-16)15-13(17)12-6-10(14)5-8(2)9(12)3/h5-6,11,16H,4,7H2,1-3H3,(H,15,17). The number of aryl methyl sites for hydroxylation is 1. The molecule has 0 aromatic heterocycles. The Morgan fingerprint density at radius 3 is 2.65 bits per heavy atom. The summed E-state index contributed by atoms with van der Waals surface area (Å²) in [6.07, 6.45) is 0.726. The third-order valence-electron chi connectivity index (χ3n) is 2.93. The Kier molecular flexibility index (Phi) is 5.39. The molecule has 0 aliphatic heterocycles. The lowest BCUT2D eigenvalue weighted by molar-refractivity contribution is 0.0914. The molecule has 1 aromatic rings. The van der Waals surface area contributed by atoms with Crippen LogP contribution in [0.2, 0.25) is 0 Å². The predicted molar refractivity (Wildman–Crippen MR) is 77.3 cm³/mol. The van der Waals surface area contributed by atoms with E-state index in [1.807, 2.05) is 26.8 Å². The van der Waals surface area contributed by atoms with E-state index in [1.165, 1.54) is 0 Å². The van der Waals surface area contributed by atoms with Crippen molar-refractivity contribution in [2.75, 3.05) is 6.61 Å². The lowest BCUT2D eigenvalue weighted by Crippen LogP contribution is -2.37. The lowest BCUT2D eigenvalue weighted by atomic mass is 10.0. The summed E-state index contributed by atoms with van der Waals surface area (Å²) in [7, 11) is 0. The molecule has 0 saturated heterocycles. The Hall–Kier alpha value is -0.620. The normalized spacial score (nSPS) is 12.3. The lowest BCUT2D eigenvalue weighted by Gasteiger charge is -2.16. The summed E-state index contributed by atoms with van der Waals surface area (Å²) in [4.78, 5) is 12.1. The maximum atomic E-state index is 12.1. The molecule has 0 saturated carbocycles. The Labute approximate surface area is 116 Å². The van der Waals surface area contributed by atoms with Crippen molar-refractivity contribution in [2.45, 2.75) is 33.2 Å². The third-order valence-corrected chi connectivity index (χ3v) is 3.55. The third kappa shape index (κ3) is 3.67. The van der Waals surface area contributed by atoms with Gasteiger partial charge in [-0.2, -0.15) is 0 Å². The summed E-state index contributed by atoms with van der Waals surface area (Å²) >= 11 is 2.20. The van der Waals surface area contributed by atoms with Gasteiger partial charge in [-0.3, -0.25) is 4.79 Å². The monoisotopic (exact) mass is 347 g/mol. The number of rotatable bonds is 4. The summed E-state index contributed by atoms with van der Waals surface area (Å²) < 4.78 is 1.05. The Balaban J connectivity index is 2.96. The number of hydrogen-bond acceptors (Lipinski definition) is 2. The number of halogens is 1. The average molecular weight is 347 g/mol. The van der Waals surface area contributed by atoms with Crippen LogP contribution in [0.1, 0.15) is 34.8 Å². The fourth-order valence-electron chi connectivity index (χ4n) is 1.59. The molecule has 1 rings (SSSR count). The van der Waals surface area contributed by atoms with Crippen LogP contribution >= 0.6 is 22.6 Å². The van der Waals surface area contributed by atoms with Crippen LogP contribution in [0.15, 0.2) is 12.1 Å². The zero-order valence-corrected chi connectivity index (χ0v) is 12.5. The van der Waals surface area contributed by atoms with E-state index in [4.69, 9.17) is 5.11 Å². The van der Waals surface area contributed by atoms with Gasteiger partial charge in [0.05, 0.1) is 12.6 Å². The van der Waals surface area contributed by atoms with E-state index in [2.05, 4.69) is 34.0 Å². The van der Waals surface area contributed by atoms with Gasteiger partial charge in [0, 0.05) is 9.13 Å². The van der Waals surface area contributed by atoms with E-state index < -0.39 is 0 Å². The molecule has 0 aliphatic carbocycles. The molecule has 1 atom stereocenters. The van der Waals surface area contributed by atoms with Crippen LogP contribution in [-0.4, -0.2) is 23.7 Å². The van der Waals surface area contributed by atoms with Crippen molar-refractivity contribution in [1.82, 2.24) is 5.32 Å². The zero-order chi connectivity index (χ0) is 13.0. The highest BCUT2D eigenvalue weighted by Gasteiger charge is 2.14. The Bertz CT molecular complexity index is 414. The molecule has 1 aromatic carbocycles. The van der Waals surface area contributed by atoms with Crippen LogP contribution in [0.25, 0.3) is 0 Å². The molecule has 0 aliphatic rings. The van der Waals surface area contributed by atoms with Gasteiger partial charge in [-0.25, -0.2) is 0 Å². The molecule has 1 amide bonds. The first-order valence-corrected chi connectivity index (χ1v) is 6.76. The minimum absolute atomic E-state index is 0.0236. The van der Waals surface area contributed by atoms with E-state index in [-0.39, 0.29) is 18.6 Å². The smallest absolute Gasteiger partial charge is 0.251 e. The summed E-state index contributed by atoms with van der Waals surface area (Å²) in [6, 6.07) is 3.76. The second-order valence-electron chi connectivity index (χ2n) is 4.16. The molecule has 2 N–H and O–H groups in total. The van der Waals surface area contributed by atoms with Crippen molar-refractivity contribution < 1.29 is 9.90 Å². The SMILES string of the molecule is CCC(CO)NC(=O)c1cc(I)cc(C)c1C. The van der Waals surface area contributed by atoms with Gasteiger partial charge >= 0.3 is 0 Å². The highest BCUT2D eigenvalue weighted by Crippen LogP contribution is 2.18. The van der Waals surface area contributed by atoms with Gasteiger partial charge in [0.25, 0.3) is 5.91 Å². The second kappa shape index (κ2) is 6.35. The molecule has 94 valence electrons. The molecule has 0 radical (unpaired) electrons. The predicted octanol–water partition coefficient (Wildman–Crippen LogP) is 2.41. The summed E-state index contributed by atoms with van der Waals surface area (Å²) in [5.74, 6) is -0.106. The number of nitrogens with one attached hydrogen (secondary N) is 1. The molecule has 0 heterocycles. The Morgan fingerprint density at radius 1 is 1.47 bits per heavy atom. The topological polar surface area (TPSA) is 49.3 Å². The number of amides is 1. The first kappa shape index (κ1) is 14.4. The van der Waals surface area contributed by atoms with Crippen LogP contribution in [0.4, 0.5) is 0 Å². The molecular weight excluding hydrogens is 329 g/mol. The van der Waals surface area contributed by atoms with Crippen LogP contribution in [0.5, 0.6) is 0 Å². The van der Waals surface area contributed by atoms with Crippen molar-refractivity contribution in [3.63, 3.8) is 0 Å². The molecular formula is C13H18INO2. The van der Waals surface area contributed by atoms with Gasteiger partial charge < -0.3 is 10.4 Å². The molecule has 1 unspecified atom stereocenters. The number of aliphatic hydroxyl groups excluding tert-OH is 1. The van der Waals surface area contributed by atoms with Crippen LogP contribution in [-0.2, 0) is 0 Å². The summed E-state index contributed by atoms with van der Waals surface area (Å²) in [6.45, 7) is 5.86. The number of carbonyl (C=O) groups is 1. The maximum Gasteiger partial charge on any atom is 0.251 e. The average Bonchev–Trinajstić information content (AvgIpc) is 2.30. The number of carbonyl (C=O) groups excluding carboxylic acids is 1. The van der Waals surface area contributed by atoms with Crippen molar-refractivity contribution in [3.05, 3.63) is 32.4 Å². The van der Waals surface area contributed by atoms with Gasteiger partial charge in [0.1, 0.15) is 0 Å². The van der Waals surface area contributed by atoms with Gasteiger partial charge in [0.15, 0.2) is 0 Å². The minimum atomic E-state index is -0.167. The van der Waals surface area contributed by atoms with E-state index in [1.54, 1.807) is 0 Å². The van der Waals surface area contributed by atoms with Gasteiger partial charge in [0.2, 0.25) is 0 Å². The van der Waals surface area contributed by atoms with Crippen LogP contribution in [0.3, 0.4) is 0 Å². The van der Waals surface area contributed by atoms with Crippen molar-refractivity contribution >= 4 is 28.5 Å². The van der Waals surface area contributed by atoms with E-state index in [9.17, 15) is 4.79 Å². The van der Waals surface area contributed by atoms with E-state index in [0.29, 0.717) is 5.56 Å². The molecule has 0 spiro atoms. The summed E-state index contributed by atoms with van der Waals surface area (Å²) in [5.41, 5.74) is 2.80. The Morgan fingerprint density at radius 2 is 2.12 bits per heavy atom. The minimum Gasteiger partial charge on any atom is -0.394 e. The highest BCUT2D eigenvalue weighted by atomic mass is 127. The van der Waals surface area contributed by atoms with E-state index in [0.717, 1.165) is 21.1 Å². The van der Waals surface area contributed by atoms with Gasteiger partial charge in [-0.15, -0.1) is 0 Å². The first-order chi connectivity index (χ1) is 7.99. The first-order valence-electron chi connectivity index (χ1n) is 5.68. The van der Waals surface area contributed by atoms with Crippen molar-refractivity contribution in [1.29, 1.82) is 0 Å². The zero-order valence-electron chi connectivity index (χ0n) is 10.4. The largest absolute Gasteiger partial charge is 0.394 e. The van der Waals surface area contributed by atoms with Gasteiger partial charge in [-0.1, -0.05) is 6.92 Å².